The molecule has 0 spiro atoms. The zero-order chi connectivity index (χ0) is 19.1. The second-order valence-corrected chi connectivity index (χ2v) is 7.71. The van der Waals surface area contributed by atoms with Gasteiger partial charge in [-0.2, -0.15) is 0 Å². The topological polar surface area (TPSA) is 38.3 Å². The lowest BCUT2D eigenvalue weighted by Crippen LogP contribution is -3.00. The number of nitrogens with zero attached hydrogens (tertiary/aromatic N) is 1. The molecule has 2 aromatic rings. The average molecular weight is 447 g/mol. The summed E-state index contributed by atoms with van der Waals surface area (Å²) in [6, 6.07) is 16.4. The zero-order valence-corrected chi connectivity index (χ0v) is 18.5. The number of carbonyl (C=O) groups excluding carboxylic acids is 1. The molecule has 0 atom stereocenters. The molecule has 0 aromatic heterocycles. The maximum absolute atomic E-state index is 13.0. The van der Waals surface area contributed by atoms with Crippen LogP contribution in [0.2, 0.25) is 0 Å². The van der Waals surface area contributed by atoms with E-state index in [1.54, 1.807) is 7.11 Å². The maximum atomic E-state index is 13.0. The summed E-state index contributed by atoms with van der Waals surface area (Å²) in [7, 11) is 1.64. The third-order valence-corrected chi connectivity index (χ3v) is 5.57. The third-order valence-electron chi connectivity index (χ3n) is 5.57. The summed E-state index contributed by atoms with van der Waals surface area (Å²) in [5, 5.41) is 3.13. The molecule has 1 aliphatic rings. The molecule has 5 heteroatoms. The van der Waals surface area contributed by atoms with Crippen molar-refractivity contribution in [2.45, 2.75) is 39.2 Å². The molecule has 1 amide bonds. The standard InChI is InChI=1S/C23H30N2O2.BrH/c1-19-11-10-14-21(27-2)23(19)24-22(26)18-25(15-8-3-4-9-16-25)17-20-12-6-5-7-13-20;/h5-7,10-14H,3-4,8-9,15-18H2,1-2H3;1H. The lowest BCUT2D eigenvalue weighted by Gasteiger charge is -2.37. The Hall–Kier alpha value is -1.85. The van der Waals surface area contributed by atoms with Gasteiger partial charge in [0.1, 0.15) is 12.3 Å². The number of halogens is 1. The van der Waals surface area contributed by atoms with E-state index in [9.17, 15) is 4.79 Å². The number of benzene rings is 2. The van der Waals surface area contributed by atoms with Gasteiger partial charge in [0.25, 0.3) is 5.91 Å². The summed E-state index contributed by atoms with van der Waals surface area (Å²) in [5.74, 6) is 0.786. The van der Waals surface area contributed by atoms with Crippen LogP contribution in [0.1, 0.15) is 36.8 Å². The van der Waals surface area contributed by atoms with Gasteiger partial charge < -0.3 is 31.5 Å². The fourth-order valence-electron chi connectivity index (χ4n) is 4.16. The Kier molecular flexibility index (Phi) is 8.52. The Morgan fingerprint density at radius 2 is 1.68 bits per heavy atom. The highest BCUT2D eigenvalue weighted by molar-refractivity contribution is 5.94. The van der Waals surface area contributed by atoms with E-state index in [0.29, 0.717) is 12.3 Å². The van der Waals surface area contributed by atoms with E-state index in [-0.39, 0.29) is 22.9 Å². The Bertz CT molecular complexity index is 756. The number of carbonyl (C=O) groups is 1. The molecule has 3 rings (SSSR count). The summed E-state index contributed by atoms with van der Waals surface area (Å²) in [6.07, 6.45) is 4.91. The van der Waals surface area contributed by atoms with E-state index in [4.69, 9.17) is 4.74 Å². The van der Waals surface area contributed by atoms with Gasteiger partial charge >= 0.3 is 0 Å². The molecule has 1 heterocycles. The van der Waals surface area contributed by atoms with E-state index in [1.165, 1.54) is 31.2 Å². The van der Waals surface area contributed by atoms with Crippen molar-refractivity contribution < 1.29 is 31.0 Å². The van der Waals surface area contributed by atoms with Crippen LogP contribution in [0.3, 0.4) is 0 Å². The van der Waals surface area contributed by atoms with Gasteiger partial charge in [-0.25, -0.2) is 0 Å². The molecule has 1 fully saturated rings. The Morgan fingerprint density at radius 1 is 1.00 bits per heavy atom. The molecule has 2 aromatic carbocycles. The fraction of sp³-hybridized carbons (Fsp3) is 0.435. The first-order valence-electron chi connectivity index (χ1n) is 9.94. The highest BCUT2D eigenvalue weighted by Gasteiger charge is 2.32. The van der Waals surface area contributed by atoms with Crippen molar-refractivity contribution >= 4 is 11.6 Å². The van der Waals surface area contributed by atoms with Crippen molar-refractivity contribution in [3.63, 3.8) is 0 Å². The van der Waals surface area contributed by atoms with E-state index >= 15 is 0 Å². The van der Waals surface area contributed by atoms with Crippen molar-refractivity contribution in [1.82, 2.24) is 0 Å². The second-order valence-electron chi connectivity index (χ2n) is 7.71. The number of hydrogen-bond acceptors (Lipinski definition) is 2. The molecule has 1 N–H and O–H groups in total. The van der Waals surface area contributed by atoms with Crippen molar-refractivity contribution in [2.75, 3.05) is 32.1 Å². The number of anilines is 1. The van der Waals surface area contributed by atoms with Gasteiger partial charge in [0.05, 0.1) is 25.9 Å². The van der Waals surface area contributed by atoms with Gasteiger partial charge in [0, 0.05) is 5.56 Å². The predicted octanol–water partition coefficient (Wildman–Crippen LogP) is 1.54. The maximum Gasteiger partial charge on any atom is 0.279 e. The number of nitrogens with one attached hydrogen (secondary N) is 1. The van der Waals surface area contributed by atoms with E-state index in [1.807, 2.05) is 31.2 Å². The molecule has 0 unspecified atom stereocenters. The van der Waals surface area contributed by atoms with Gasteiger partial charge in [-0.1, -0.05) is 42.5 Å². The molecule has 28 heavy (non-hydrogen) atoms. The van der Waals surface area contributed by atoms with Crippen molar-refractivity contribution in [1.29, 1.82) is 0 Å². The number of rotatable bonds is 6. The largest absolute Gasteiger partial charge is 1.00 e. The minimum atomic E-state index is 0. The number of para-hydroxylation sites is 1. The summed E-state index contributed by atoms with van der Waals surface area (Å²) in [4.78, 5) is 13.0. The summed E-state index contributed by atoms with van der Waals surface area (Å²) in [6.45, 7) is 5.55. The van der Waals surface area contributed by atoms with Crippen LogP contribution in [-0.4, -0.2) is 37.1 Å². The number of likely N-dealkylation sites (tertiary alicyclic amines) is 1. The van der Waals surface area contributed by atoms with Crippen molar-refractivity contribution in [3.8, 4) is 5.75 Å². The summed E-state index contributed by atoms with van der Waals surface area (Å²) >= 11 is 0. The molecule has 152 valence electrons. The van der Waals surface area contributed by atoms with Crippen LogP contribution in [0.4, 0.5) is 5.69 Å². The van der Waals surface area contributed by atoms with Gasteiger partial charge in [0.2, 0.25) is 0 Å². The summed E-state index contributed by atoms with van der Waals surface area (Å²) < 4.78 is 6.28. The van der Waals surface area contributed by atoms with E-state index in [2.05, 4.69) is 29.6 Å². The molecule has 0 radical (unpaired) electrons. The van der Waals surface area contributed by atoms with Gasteiger partial charge in [-0.05, 0) is 44.2 Å². The average Bonchev–Trinajstić information content (AvgIpc) is 2.89. The number of methoxy groups -OCH3 is 1. The Labute approximate surface area is 179 Å². The second kappa shape index (κ2) is 10.6. The van der Waals surface area contributed by atoms with Crippen LogP contribution in [0, 0.1) is 6.92 Å². The molecule has 4 nitrogen and oxygen atoms in total. The van der Waals surface area contributed by atoms with Crippen LogP contribution >= 0.6 is 0 Å². The smallest absolute Gasteiger partial charge is 0.279 e. The quantitative estimate of drug-likeness (QED) is 0.683. The minimum absolute atomic E-state index is 0. The monoisotopic (exact) mass is 446 g/mol. The number of ether oxygens (including phenoxy) is 1. The molecule has 0 bridgehead atoms. The minimum Gasteiger partial charge on any atom is -1.00 e. The van der Waals surface area contributed by atoms with Crippen LogP contribution in [0.15, 0.2) is 48.5 Å². The Balaban J connectivity index is 0.00000280. The first-order valence-corrected chi connectivity index (χ1v) is 9.94. The fourth-order valence-corrected chi connectivity index (χ4v) is 4.16. The number of amides is 1. The van der Waals surface area contributed by atoms with Gasteiger partial charge in [0.15, 0.2) is 6.54 Å². The molecule has 1 aliphatic heterocycles. The zero-order valence-electron chi connectivity index (χ0n) is 16.9. The SMILES string of the molecule is COc1cccc(C)c1NC(=O)C[N+]1(Cc2ccccc2)CCCCCC1.[Br-]. The predicted molar refractivity (Wildman–Crippen MR) is 110 cm³/mol. The molecule has 0 aliphatic carbocycles. The molecular weight excluding hydrogens is 416 g/mol. The van der Waals surface area contributed by atoms with Crippen molar-refractivity contribution in [3.05, 3.63) is 59.7 Å². The van der Waals surface area contributed by atoms with Crippen LogP contribution in [0.5, 0.6) is 5.75 Å². The van der Waals surface area contributed by atoms with Gasteiger partial charge in [-0.15, -0.1) is 0 Å². The van der Waals surface area contributed by atoms with E-state index in [0.717, 1.165) is 35.4 Å². The lowest BCUT2D eigenvalue weighted by atomic mass is 10.1. The van der Waals surface area contributed by atoms with E-state index < -0.39 is 0 Å². The van der Waals surface area contributed by atoms with Crippen LogP contribution < -0.4 is 27.0 Å². The molecular formula is C23H31BrN2O2. The normalized spacial score (nSPS) is 15.8. The van der Waals surface area contributed by atoms with Crippen LogP contribution in [0.25, 0.3) is 0 Å². The van der Waals surface area contributed by atoms with Gasteiger partial charge in [-0.3, -0.25) is 4.79 Å². The highest BCUT2D eigenvalue weighted by atomic mass is 79.9. The molecule has 0 saturated carbocycles. The van der Waals surface area contributed by atoms with Crippen LogP contribution in [-0.2, 0) is 11.3 Å². The number of quaternary nitrogens is 1. The lowest BCUT2D eigenvalue weighted by molar-refractivity contribution is -0.932. The third kappa shape index (κ3) is 5.82. The number of aryl methyl sites for hydroxylation is 1. The number of hydrogen-bond donors (Lipinski definition) is 1. The summed E-state index contributed by atoms with van der Waals surface area (Å²) in [5.41, 5.74) is 3.12. The molecule has 1 saturated heterocycles. The first kappa shape index (κ1) is 22.4. The first-order chi connectivity index (χ1) is 13.1. The highest BCUT2D eigenvalue weighted by Crippen LogP contribution is 2.28. The van der Waals surface area contributed by atoms with Crippen molar-refractivity contribution in [2.24, 2.45) is 0 Å². The Morgan fingerprint density at radius 3 is 2.32 bits per heavy atom.